The van der Waals surface area contributed by atoms with Crippen LogP contribution in [0.25, 0.3) is 0 Å². The Balaban J connectivity index is 0.00000200. The van der Waals surface area contributed by atoms with Gasteiger partial charge in [-0.2, -0.15) is 4.57 Å². The molecule has 2 aromatic rings. The van der Waals surface area contributed by atoms with Crippen molar-refractivity contribution in [2.75, 3.05) is 14.1 Å². The van der Waals surface area contributed by atoms with Gasteiger partial charge in [0.2, 0.25) is 6.20 Å². The van der Waals surface area contributed by atoms with Crippen LogP contribution >= 0.6 is 0 Å². The van der Waals surface area contributed by atoms with Crippen LogP contribution in [0.2, 0.25) is 0 Å². The molecule has 0 radical (unpaired) electrons. The van der Waals surface area contributed by atoms with Gasteiger partial charge in [-0.1, -0.05) is 30.3 Å². The highest BCUT2D eigenvalue weighted by Gasteiger charge is 2.10. The van der Waals surface area contributed by atoms with Crippen LogP contribution < -0.4 is 21.7 Å². The molecule has 1 aromatic carbocycles. The zero-order valence-electron chi connectivity index (χ0n) is 11.5. The van der Waals surface area contributed by atoms with Crippen LogP contribution in [0, 0.1) is 0 Å². The first-order chi connectivity index (χ1) is 9.15. The Labute approximate surface area is 125 Å². The van der Waals surface area contributed by atoms with Gasteiger partial charge >= 0.3 is 6.09 Å². The molecule has 106 valence electrons. The minimum absolute atomic E-state index is 0. The monoisotopic (exact) mass is 292 g/mol. The van der Waals surface area contributed by atoms with Crippen molar-refractivity contribution < 1.29 is 26.5 Å². The molecule has 0 saturated heterocycles. The van der Waals surface area contributed by atoms with E-state index in [2.05, 4.69) is 12.1 Å². The summed E-state index contributed by atoms with van der Waals surface area (Å²) in [6.45, 7) is 0.744. The number of aromatic nitrogens is 1. The molecular weight excluding hydrogens is 276 g/mol. The third-order valence-electron chi connectivity index (χ3n) is 2.61. The normalized spacial score (nSPS) is 9.50. The smallest absolute Gasteiger partial charge is 0.414 e. The number of hydrogen-bond donors (Lipinski definition) is 0. The summed E-state index contributed by atoms with van der Waals surface area (Å²) in [5, 5.41) is 0. The molecule has 1 aromatic heterocycles. The second kappa shape index (κ2) is 7.50. The van der Waals surface area contributed by atoms with Crippen LogP contribution in [-0.4, -0.2) is 25.1 Å². The first kappa shape index (κ1) is 16.0. The summed E-state index contributed by atoms with van der Waals surface area (Å²) in [5.41, 5.74) is 1.20. The number of hydrogen-bond acceptors (Lipinski definition) is 2. The topological polar surface area (TPSA) is 33.4 Å². The van der Waals surface area contributed by atoms with Crippen molar-refractivity contribution in [2.24, 2.45) is 0 Å². The molecule has 0 spiro atoms. The number of nitrogens with zero attached hydrogens (tertiary/aromatic N) is 2. The van der Waals surface area contributed by atoms with E-state index in [1.807, 2.05) is 41.2 Å². The zero-order valence-corrected chi connectivity index (χ0v) is 12.2. The maximum absolute atomic E-state index is 11.5. The van der Waals surface area contributed by atoms with Gasteiger partial charge in [-0.15, -0.1) is 0 Å². The predicted octanol–water partition coefficient (Wildman–Crippen LogP) is -0.913. The Morgan fingerprint density at radius 1 is 1.15 bits per heavy atom. The Morgan fingerprint density at radius 2 is 1.85 bits per heavy atom. The number of pyridine rings is 1. The van der Waals surface area contributed by atoms with Gasteiger partial charge in [-0.3, -0.25) is 0 Å². The van der Waals surface area contributed by atoms with Crippen molar-refractivity contribution >= 4 is 6.09 Å². The summed E-state index contributed by atoms with van der Waals surface area (Å²) in [7, 11) is 3.31. The van der Waals surface area contributed by atoms with Crippen LogP contribution in [0.15, 0.2) is 54.9 Å². The largest absolute Gasteiger partial charge is 1.00 e. The lowest BCUT2D eigenvalue weighted by atomic mass is 10.2. The summed E-state index contributed by atoms with van der Waals surface area (Å²) in [5.74, 6) is 0.539. The molecule has 5 heteroatoms. The fourth-order valence-corrected chi connectivity index (χ4v) is 1.64. The van der Waals surface area contributed by atoms with E-state index in [-0.39, 0.29) is 18.5 Å². The van der Waals surface area contributed by atoms with E-state index in [1.165, 1.54) is 10.5 Å². The third-order valence-corrected chi connectivity index (χ3v) is 2.61. The number of carbonyl (C=O) groups is 1. The van der Waals surface area contributed by atoms with Gasteiger partial charge in [-0.05, 0) is 6.07 Å². The Bertz CT molecular complexity index is 559. The molecule has 0 unspecified atom stereocenters. The molecule has 2 rings (SSSR count). The highest BCUT2D eigenvalue weighted by molar-refractivity contribution is 5.69. The fourth-order valence-electron chi connectivity index (χ4n) is 1.64. The molecule has 4 nitrogen and oxygen atoms in total. The first-order valence-electron chi connectivity index (χ1n) is 6.07. The van der Waals surface area contributed by atoms with E-state index in [0.29, 0.717) is 5.75 Å². The minimum Gasteiger partial charge on any atom is -1.00 e. The number of amides is 1. The average molecular weight is 293 g/mol. The minimum atomic E-state index is -0.377. The summed E-state index contributed by atoms with van der Waals surface area (Å²) >= 11 is 0. The van der Waals surface area contributed by atoms with Gasteiger partial charge in [0.15, 0.2) is 18.5 Å². The van der Waals surface area contributed by atoms with Gasteiger partial charge in [0.05, 0.1) is 0 Å². The van der Waals surface area contributed by atoms with Gasteiger partial charge in [-0.25, -0.2) is 4.79 Å². The highest BCUT2D eigenvalue weighted by Crippen LogP contribution is 2.07. The summed E-state index contributed by atoms with van der Waals surface area (Å²) in [6, 6.07) is 13.8. The summed E-state index contributed by atoms with van der Waals surface area (Å²) in [6.07, 6.45) is 3.38. The molecule has 1 amide bonds. The van der Waals surface area contributed by atoms with Crippen molar-refractivity contribution in [3.05, 3.63) is 60.4 Å². The number of rotatable bonds is 3. The van der Waals surface area contributed by atoms with E-state index in [0.717, 1.165) is 6.54 Å². The summed E-state index contributed by atoms with van der Waals surface area (Å²) < 4.78 is 7.20. The molecule has 0 N–H and O–H groups in total. The predicted molar refractivity (Wildman–Crippen MR) is 71.9 cm³/mol. The third kappa shape index (κ3) is 4.55. The van der Waals surface area contributed by atoms with E-state index < -0.39 is 0 Å². The highest BCUT2D eigenvalue weighted by atomic mass is 35.5. The lowest BCUT2D eigenvalue weighted by molar-refractivity contribution is -0.688. The number of benzene rings is 1. The second-order valence-corrected chi connectivity index (χ2v) is 4.46. The van der Waals surface area contributed by atoms with E-state index >= 15 is 0 Å². The van der Waals surface area contributed by atoms with E-state index in [4.69, 9.17) is 4.74 Å². The molecule has 1 heterocycles. The molecule has 0 aliphatic carbocycles. The van der Waals surface area contributed by atoms with Crippen LogP contribution in [-0.2, 0) is 6.54 Å². The maximum atomic E-state index is 11.5. The number of ether oxygens (including phenoxy) is 1. The van der Waals surface area contributed by atoms with Crippen LogP contribution in [0.3, 0.4) is 0 Å². The first-order valence-corrected chi connectivity index (χ1v) is 6.07. The number of halogens is 1. The van der Waals surface area contributed by atoms with Crippen LogP contribution in [0.5, 0.6) is 5.75 Å². The van der Waals surface area contributed by atoms with E-state index in [1.54, 1.807) is 20.2 Å². The van der Waals surface area contributed by atoms with Crippen LogP contribution in [0.4, 0.5) is 4.79 Å². The Morgan fingerprint density at radius 3 is 2.50 bits per heavy atom. The second-order valence-electron chi connectivity index (χ2n) is 4.46. The van der Waals surface area contributed by atoms with Crippen molar-refractivity contribution in [2.45, 2.75) is 6.54 Å². The molecule has 0 bridgehead atoms. The van der Waals surface area contributed by atoms with Gasteiger partial charge in [0.25, 0.3) is 0 Å². The number of carbonyl (C=O) groups excluding carboxylic acids is 1. The SMILES string of the molecule is CN(C)C(=O)Oc1ccc[n+](Cc2ccccc2)c1.[Cl-]. The molecule has 0 atom stereocenters. The zero-order chi connectivity index (χ0) is 13.7. The molecule has 20 heavy (non-hydrogen) atoms. The standard InChI is InChI=1S/C15H17N2O2.ClH/c1-16(2)15(18)19-14-9-6-10-17(12-14)11-13-7-4-3-5-8-13;/h3-10,12H,11H2,1-2H3;1H/q+1;/p-1. The molecular formula is C15H17ClN2O2. The van der Waals surface area contributed by atoms with Crippen molar-refractivity contribution in [1.29, 1.82) is 0 Å². The Hall–Kier alpha value is -2.07. The fraction of sp³-hybridized carbons (Fsp3) is 0.200. The molecule has 0 aliphatic rings. The Kier molecular flexibility index (Phi) is 6.00. The van der Waals surface area contributed by atoms with Crippen molar-refractivity contribution in [1.82, 2.24) is 4.90 Å². The van der Waals surface area contributed by atoms with Gasteiger partial charge in [0.1, 0.15) is 0 Å². The van der Waals surface area contributed by atoms with Gasteiger partial charge in [0, 0.05) is 25.7 Å². The molecule has 0 fully saturated rings. The van der Waals surface area contributed by atoms with Crippen molar-refractivity contribution in [3.8, 4) is 5.75 Å². The molecule has 0 aliphatic heterocycles. The quantitative estimate of drug-likeness (QED) is 0.686. The lowest BCUT2D eigenvalue weighted by Gasteiger charge is -2.09. The maximum Gasteiger partial charge on any atom is 0.414 e. The lowest BCUT2D eigenvalue weighted by Crippen LogP contribution is -3.00. The average Bonchev–Trinajstić information content (AvgIpc) is 2.40. The van der Waals surface area contributed by atoms with Gasteiger partial charge < -0.3 is 22.0 Å². The summed E-state index contributed by atoms with van der Waals surface area (Å²) in [4.78, 5) is 12.9. The molecule has 0 saturated carbocycles. The van der Waals surface area contributed by atoms with Crippen LogP contribution in [0.1, 0.15) is 5.56 Å². The van der Waals surface area contributed by atoms with Crippen molar-refractivity contribution in [3.63, 3.8) is 0 Å². The van der Waals surface area contributed by atoms with E-state index in [9.17, 15) is 4.79 Å².